The Labute approximate surface area is 245 Å². The van der Waals surface area contributed by atoms with Crippen LogP contribution in [0, 0.1) is 11.8 Å². The van der Waals surface area contributed by atoms with E-state index in [9.17, 15) is 39.6 Å². The molecule has 7 N–H and O–H groups in total. The molecule has 11 nitrogen and oxygen atoms in total. The molecule has 3 aliphatic rings. The molecule has 0 saturated heterocycles. The van der Waals surface area contributed by atoms with Gasteiger partial charge in [0.1, 0.15) is 22.8 Å². The highest BCUT2D eigenvalue weighted by Gasteiger charge is 2.60. The summed E-state index contributed by atoms with van der Waals surface area (Å²) in [5.41, 5.74) is 2.90. The number of primary amides is 1. The van der Waals surface area contributed by atoms with Crippen molar-refractivity contribution in [3.8, 4) is 5.75 Å². The Morgan fingerprint density at radius 2 is 1.83 bits per heavy atom. The summed E-state index contributed by atoms with van der Waals surface area (Å²) < 4.78 is 0. The van der Waals surface area contributed by atoms with Gasteiger partial charge in [-0.2, -0.15) is 0 Å². The maximum absolute atomic E-state index is 13.6. The van der Waals surface area contributed by atoms with Gasteiger partial charge in [0.15, 0.2) is 11.4 Å². The highest BCUT2D eigenvalue weighted by molar-refractivity contribution is 6.32. The van der Waals surface area contributed by atoms with E-state index >= 15 is 0 Å². The van der Waals surface area contributed by atoms with Gasteiger partial charge in [-0.25, -0.2) is 0 Å². The number of ketones is 2. The van der Waals surface area contributed by atoms with E-state index in [0.717, 1.165) is 0 Å². The van der Waals surface area contributed by atoms with Crippen LogP contribution in [0.1, 0.15) is 36.5 Å². The van der Waals surface area contributed by atoms with Gasteiger partial charge in [0.25, 0.3) is 5.91 Å². The first-order valence-corrected chi connectivity index (χ1v) is 13.7. The molecule has 0 aliphatic heterocycles. The number of nitrogens with two attached hydrogens (primary N) is 1. The Balaban J connectivity index is 1.47. The third-order valence-electron chi connectivity index (χ3n) is 8.57. The van der Waals surface area contributed by atoms with Gasteiger partial charge in [-0.15, -0.1) is 0 Å². The average molecular weight is 596 g/mol. The van der Waals surface area contributed by atoms with Gasteiger partial charge >= 0.3 is 0 Å². The van der Waals surface area contributed by atoms with Crippen molar-refractivity contribution in [1.29, 1.82) is 0 Å². The van der Waals surface area contributed by atoms with Gasteiger partial charge in [-0.05, 0) is 62.1 Å². The molecular weight excluding hydrogens is 566 g/mol. The third kappa shape index (κ3) is 4.54. The van der Waals surface area contributed by atoms with E-state index in [0.29, 0.717) is 16.8 Å². The summed E-state index contributed by atoms with van der Waals surface area (Å²) in [4.78, 5) is 52.5. The average Bonchev–Trinajstić information content (AvgIpc) is 2.93. The van der Waals surface area contributed by atoms with Crippen LogP contribution >= 0.6 is 11.6 Å². The van der Waals surface area contributed by atoms with Crippen molar-refractivity contribution in [1.82, 2.24) is 4.90 Å². The summed E-state index contributed by atoms with van der Waals surface area (Å²) in [5, 5.41) is 47.3. The van der Waals surface area contributed by atoms with E-state index < -0.39 is 64.5 Å². The number of Topliss-reactive ketones (excluding diaryl/α,β-unsaturated/α-hetero) is 2. The fourth-order valence-corrected chi connectivity index (χ4v) is 6.50. The van der Waals surface area contributed by atoms with Crippen LogP contribution in [0.2, 0.25) is 5.02 Å². The monoisotopic (exact) mass is 595 g/mol. The summed E-state index contributed by atoms with van der Waals surface area (Å²) in [5.74, 6) is -7.29. The van der Waals surface area contributed by atoms with Crippen LogP contribution in [0.3, 0.4) is 0 Å². The van der Waals surface area contributed by atoms with Crippen molar-refractivity contribution < 1.29 is 39.6 Å². The second-order valence-electron chi connectivity index (χ2n) is 11.1. The number of nitrogens with one attached hydrogen (secondary N) is 1. The first-order valence-electron chi connectivity index (χ1n) is 13.3. The lowest BCUT2D eigenvalue weighted by Crippen LogP contribution is -2.58. The summed E-state index contributed by atoms with van der Waals surface area (Å²) >= 11 is 6.80. The Kier molecular flexibility index (Phi) is 7.38. The van der Waals surface area contributed by atoms with Crippen molar-refractivity contribution in [3.63, 3.8) is 0 Å². The zero-order valence-electron chi connectivity index (χ0n) is 22.8. The molecular formula is C30H30ClN3O8. The molecule has 1 fully saturated rings. The van der Waals surface area contributed by atoms with Gasteiger partial charge in [-0.3, -0.25) is 24.1 Å². The molecule has 0 bridgehead atoms. The molecule has 42 heavy (non-hydrogen) atoms. The minimum absolute atomic E-state index is 0.000821. The number of amides is 2. The number of aromatic hydroxyl groups is 1. The summed E-state index contributed by atoms with van der Waals surface area (Å²) in [6, 6.07) is 9.74. The predicted octanol–water partition coefficient (Wildman–Crippen LogP) is 2.54. The first-order chi connectivity index (χ1) is 19.8. The van der Waals surface area contributed by atoms with E-state index in [-0.39, 0.29) is 47.2 Å². The maximum atomic E-state index is 13.6. The number of rotatable bonds is 6. The smallest absolute Gasteiger partial charge is 0.255 e. The van der Waals surface area contributed by atoms with E-state index in [2.05, 4.69) is 5.32 Å². The second kappa shape index (κ2) is 10.6. The number of carbonyl (C=O) groups excluding carboxylic acids is 4. The molecule has 0 radical (unpaired) electrons. The van der Waals surface area contributed by atoms with Crippen molar-refractivity contribution in [2.75, 3.05) is 12.4 Å². The number of nitrogens with zero attached hydrogens (tertiary/aromatic N) is 1. The number of hydrogen-bond donors (Lipinski definition) is 6. The van der Waals surface area contributed by atoms with Crippen LogP contribution in [-0.4, -0.2) is 67.4 Å². The van der Waals surface area contributed by atoms with Crippen molar-refractivity contribution in [3.05, 3.63) is 75.0 Å². The van der Waals surface area contributed by atoms with Gasteiger partial charge < -0.3 is 31.5 Å². The van der Waals surface area contributed by atoms with E-state index in [1.54, 1.807) is 43.1 Å². The third-order valence-corrected chi connectivity index (χ3v) is 9.04. The minimum atomic E-state index is -2.63. The van der Waals surface area contributed by atoms with Crippen molar-refractivity contribution in [2.24, 2.45) is 17.6 Å². The molecule has 0 spiro atoms. The summed E-state index contributed by atoms with van der Waals surface area (Å²) in [7, 11) is 1.72. The SMILES string of the molecule is C[C@H](C(=O)Nc1ccccc1)N(C)Cc1cc(O)c2c(c1Cl)CC1C[C@H]3CC(=O)C(C(N)=O)=C(O)[C@@]3(O)C(=O)C1=C2O. The number of anilines is 1. The molecule has 1 saturated carbocycles. The van der Waals surface area contributed by atoms with Gasteiger partial charge in [-0.1, -0.05) is 29.8 Å². The number of phenolic OH excluding ortho intramolecular Hbond substituents is 1. The topological polar surface area (TPSA) is 190 Å². The molecule has 4 atom stereocenters. The highest BCUT2D eigenvalue weighted by atomic mass is 35.5. The van der Waals surface area contributed by atoms with Gasteiger partial charge in [0.2, 0.25) is 11.7 Å². The number of phenols is 1. The number of fused-ring (bicyclic) bond motifs is 3. The molecule has 12 heteroatoms. The molecule has 2 amide bonds. The molecule has 2 aromatic carbocycles. The molecule has 3 aliphatic carbocycles. The first kappa shape index (κ1) is 29.3. The van der Waals surface area contributed by atoms with E-state index in [4.69, 9.17) is 17.3 Å². The zero-order chi connectivity index (χ0) is 30.7. The lowest BCUT2D eigenvalue weighted by atomic mass is 9.59. The van der Waals surface area contributed by atoms with E-state index in [1.165, 1.54) is 6.07 Å². The van der Waals surface area contributed by atoms with Crippen LogP contribution < -0.4 is 11.1 Å². The normalized spacial score (nSPS) is 24.2. The fraction of sp³-hybridized carbons (Fsp3) is 0.333. The number of hydrogen-bond acceptors (Lipinski definition) is 9. The Hall–Kier alpha value is -4.19. The van der Waals surface area contributed by atoms with Gasteiger partial charge in [0.05, 0.1) is 11.6 Å². The van der Waals surface area contributed by atoms with Crippen LogP contribution in [0.4, 0.5) is 5.69 Å². The maximum Gasteiger partial charge on any atom is 0.255 e. The Morgan fingerprint density at radius 3 is 2.48 bits per heavy atom. The van der Waals surface area contributed by atoms with Gasteiger partial charge in [0, 0.05) is 35.2 Å². The quantitative estimate of drug-likeness (QED) is 0.272. The lowest BCUT2D eigenvalue weighted by molar-refractivity contribution is -0.147. The summed E-state index contributed by atoms with van der Waals surface area (Å²) in [6.07, 6.45) is -0.321. The number of benzene rings is 2. The van der Waals surface area contributed by atoms with Crippen LogP contribution in [0.5, 0.6) is 5.75 Å². The molecule has 2 aromatic rings. The molecule has 0 heterocycles. The Morgan fingerprint density at radius 1 is 1.17 bits per heavy atom. The standard InChI is InChI=1S/C30H30ClN3O8/c1-13(29(41)33-17-6-4-3-5-7-17)34(2)12-15-10-19(35)22-18(24(15)31)9-14-8-16-11-20(36)23(28(32)40)27(39)30(16,42)26(38)21(14)25(22)37/h3-7,10,13-14,16,35,37,39,42H,8-9,11-12H2,1-2H3,(H2,32,40)(H,33,41)/t13-,14?,16+,30+/m1/s1. The molecule has 5 rings (SSSR count). The number of likely N-dealkylation sites (N-methyl/N-ethyl adjacent to an activating group) is 1. The number of aliphatic hydroxyl groups is 3. The van der Waals surface area contributed by atoms with Crippen LogP contribution in [0.25, 0.3) is 5.76 Å². The second-order valence-corrected chi connectivity index (χ2v) is 11.5. The van der Waals surface area contributed by atoms with Crippen molar-refractivity contribution in [2.45, 2.75) is 44.4 Å². The molecule has 1 unspecified atom stereocenters. The van der Waals surface area contributed by atoms with E-state index in [1.807, 2.05) is 6.07 Å². The number of aliphatic hydroxyl groups excluding tert-OH is 2. The Bertz CT molecular complexity index is 1600. The predicted molar refractivity (Wildman–Crippen MR) is 152 cm³/mol. The minimum Gasteiger partial charge on any atom is -0.508 e. The van der Waals surface area contributed by atoms with Crippen LogP contribution in [-0.2, 0) is 32.1 Å². The molecule has 0 aromatic heterocycles. The lowest BCUT2D eigenvalue weighted by Gasteiger charge is -2.46. The number of halogens is 1. The number of para-hydroxylation sites is 1. The molecule has 220 valence electrons. The largest absolute Gasteiger partial charge is 0.508 e. The van der Waals surface area contributed by atoms with Crippen LogP contribution in [0.15, 0.2) is 53.3 Å². The highest BCUT2D eigenvalue weighted by Crippen LogP contribution is 2.53. The van der Waals surface area contributed by atoms with Crippen molar-refractivity contribution >= 4 is 46.4 Å². The zero-order valence-corrected chi connectivity index (χ0v) is 23.6. The summed E-state index contributed by atoms with van der Waals surface area (Å²) in [6.45, 7) is 1.88. The fourth-order valence-electron chi connectivity index (χ4n) is 6.21. The number of carbonyl (C=O) groups is 4.